The average Bonchev–Trinajstić information content (AvgIpc) is 3.19. The molecule has 118 valence electrons. The van der Waals surface area contributed by atoms with Crippen molar-refractivity contribution in [3.63, 3.8) is 0 Å². The van der Waals surface area contributed by atoms with Gasteiger partial charge in [-0.1, -0.05) is 11.2 Å². The van der Waals surface area contributed by atoms with E-state index in [2.05, 4.69) is 10.1 Å². The van der Waals surface area contributed by atoms with E-state index in [4.69, 9.17) is 9.26 Å². The highest BCUT2D eigenvalue weighted by Gasteiger charge is 2.19. The van der Waals surface area contributed by atoms with Crippen LogP contribution >= 0.6 is 11.3 Å². The van der Waals surface area contributed by atoms with Gasteiger partial charge in [0.05, 0.1) is 26.3 Å². The lowest BCUT2D eigenvalue weighted by Crippen LogP contribution is -2.35. The molecule has 1 amide bonds. The van der Waals surface area contributed by atoms with Gasteiger partial charge in [-0.3, -0.25) is 9.69 Å². The van der Waals surface area contributed by atoms with Crippen LogP contribution in [0.3, 0.4) is 0 Å². The van der Waals surface area contributed by atoms with Crippen LogP contribution in [0.25, 0.3) is 0 Å². The highest BCUT2D eigenvalue weighted by atomic mass is 32.1. The Morgan fingerprint density at radius 3 is 3.00 bits per heavy atom. The van der Waals surface area contributed by atoms with Crippen LogP contribution in [0.5, 0.6) is 0 Å². The van der Waals surface area contributed by atoms with E-state index in [0.717, 1.165) is 36.9 Å². The van der Waals surface area contributed by atoms with Crippen LogP contribution in [-0.4, -0.2) is 54.2 Å². The molecular formula is C15H19N3O3S. The number of amides is 1. The van der Waals surface area contributed by atoms with Crippen LogP contribution in [0, 0.1) is 0 Å². The van der Waals surface area contributed by atoms with E-state index in [1.165, 1.54) is 0 Å². The predicted molar refractivity (Wildman–Crippen MR) is 82.7 cm³/mol. The largest absolute Gasteiger partial charge is 0.379 e. The van der Waals surface area contributed by atoms with Crippen LogP contribution in [-0.2, 0) is 17.8 Å². The number of ether oxygens (including phenoxy) is 1. The predicted octanol–water partition coefficient (Wildman–Crippen LogP) is 1.84. The summed E-state index contributed by atoms with van der Waals surface area (Å²) in [6.07, 6.45) is 0. The molecular weight excluding hydrogens is 302 g/mol. The molecule has 3 rings (SSSR count). The van der Waals surface area contributed by atoms with Crippen molar-refractivity contribution in [2.24, 2.45) is 0 Å². The minimum absolute atomic E-state index is 0.120. The molecule has 1 fully saturated rings. The Hall–Kier alpha value is -1.70. The third-order valence-corrected chi connectivity index (χ3v) is 4.44. The minimum atomic E-state index is -0.120. The molecule has 0 unspecified atom stereocenters. The number of carbonyl (C=O) groups excluding carboxylic acids is 1. The minimum Gasteiger partial charge on any atom is -0.379 e. The fraction of sp³-hybridized carbons (Fsp3) is 0.467. The van der Waals surface area contributed by atoms with Gasteiger partial charge >= 0.3 is 0 Å². The van der Waals surface area contributed by atoms with Gasteiger partial charge in [-0.25, -0.2) is 0 Å². The van der Waals surface area contributed by atoms with Crippen molar-refractivity contribution in [1.29, 1.82) is 0 Å². The zero-order chi connectivity index (χ0) is 15.4. The number of rotatable bonds is 5. The highest BCUT2D eigenvalue weighted by Crippen LogP contribution is 2.14. The lowest BCUT2D eigenvalue weighted by molar-refractivity contribution is 0.0305. The maximum Gasteiger partial charge on any atom is 0.276 e. The van der Waals surface area contributed by atoms with Gasteiger partial charge in [0.1, 0.15) is 0 Å². The third kappa shape index (κ3) is 3.73. The molecule has 0 atom stereocenters. The monoisotopic (exact) mass is 321 g/mol. The SMILES string of the molecule is CN(Cc1cccs1)C(=O)c1cc(CN2CCOCC2)on1. The Kier molecular flexibility index (Phi) is 4.87. The van der Waals surface area contributed by atoms with E-state index < -0.39 is 0 Å². The van der Waals surface area contributed by atoms with Crippen LogP contribution in [0.4, 0.5) is 0 Å². The number of hydrogen-bond acceptors (Lipinski definition) is 6. The Labute approximate surface area is 133 Å². The van der Waals surface area contributed by atoms with Crippen molar-refractivity contribution in [2.75, 3.05) is 33.4 Å². The van der Waals surface area contributed by atoms with Crippen LogP contribution in [0.1, 0.15) is 21.1 Å². The van der Waals surface area contributed by atoms with Crippen LogP contribution < -0.4 is 0 Å². The van der Waals surface area contributed by atoms with E-state index in [1.54, 1.807) is 29.4 Å². The zero-order valence-electron chi connectivity index (χ0n) is 12.5. The Balaban J connectivity index is 1.58. The van der Waals surface area contributed by atoms with E-state index in [9.17, 15) is 4.79 Å². The topological polar surface area (TPSA) is 58.8 Å². The summed E-state index contributed by atoms with van der Waals surface area (Å²) < 4.78 is 10.6. The summed E-state index contributed by atoms with van der Waals surface area (Å²) >= 11 is 1.64. The average molecular weight is 321 g/mol. The molecule has 2 aromatic rings. The Morgan fingerprint density at radius 2 is 2.27 bits per heavy atom. The molecule has 6 nitrogen and oxygen atoms in total. The summed E-state index contributed by atoms with van der Waals surface area (Å²) in [7, 11) is 1.78. The number of hydrogen-bond donors (Lipinski definition) is 0. The molecule has 2 aromatic heterocycles. The van der Waals surface area contributed by atoms with E-state index in [-0.39, 0.29) is 5.91 Å². The molecule has 1 aliphatic heterocycles. The molecule has 0 aliphatic carbocycles. The van der Waals surface area contributed by atoms with Gasteiger partial charge in [0.2, 0.25) is 0 Å². The van der Waals surface area contributed by atoms with Crippen molar-refractivity contribution in [1.82, 2.24) is 15.0 Å². The number of nitrogens with zero attached hydrogens (tertiary/aromatic N) is 3. The maximum atomic E-state index is 12.4. The van der Waals surface area contributed by atoms with Gasteiger partial charge < -0.3 is 14.2 Å². The normalized spacial score (nSPS) is 15.9. The summed E-state index contributed by atoms with van der Waals surface area (Å²) in [5.41, 5.74) is 0.363. The Bertz CT molecular complexity index is 605. The van der Waals surface area contributed by atoms with Crippen LogP contribution in [0.15, 0.2) is 28.1 Å². The molecule has 0 saturated carbocycles. The van der Waals surface area contributed by atoms with Crippen molar-refractivity contribution < 1.29 is 14.1 Å². The van der Waals surface area contributed by atoms with Gasteiger partial charge in [-0.05, 0) is 11.4 Å². The number of carbonyl (C=O) groups is 1. The molecule has 0 spiro atoms. The van der Waals surface area contributed by atoms with E-state index >= 15 is 0 Å². The first-order chi connectivity index (χ1) is 10.7. The second kappa shape index (κ2) is 7.04. The molecule has 0 N–H and O–H groups in total. The second-order valence-corrected chi connectivity index (χ2v) is 6.34. The van der Waals surface area contributed by atoms with Gasteiger partial charge in [0.25, 0.3) is 5.91 Å². The lowest BCUT2D eigenvalue weighted by atomic mass is 10.3. The van der Waals surface area contributed by atoms with Gasteiger partial charge in [0.15, 0.2) is 11.5 Å². The first-order valence-corrected chi connectivity index (χ1v) is 8.14. The molecule has 0 bridgehead atoms. The fourth-order valence-electron chi connectivity index (χ4n) is 2.37. The first-order valence-electron chi connectivity index (χ1n) is 7.26. The standard InChI is InChI=1S/C15H19N3O3S/c1-17(11-13-3-2-8-22-13)15(19)14-9-12(21-16-14)10-18-4-6-20-7-5-18/h2-3,8-9H,4-7,10-11H2,1H3. The lowest BCUT2D eigenvalue weighted by Gasteiger charge is -2.25. The number of morpholine rings is 1. The van der Waals surface area contributed by atoms with Gasteiger partial charge in [0, 0.05) is 31.1 Å². The molecule has 1 aliphatic rings. The van der Waals surface area contributed by atoms with E-state index in [0.29, 0.717) is 18.8 Å². The summed E-state index contributed by atoms with van der Waals surface area (Å²) in [6, 6.07) is 5.73. The van der Waals surface area contributed by atoms with Gasteiger partial charge in [-0.2, -0.15) is 0 Å². The maximum absolute atomic E-state index is 12.4. The van der Waals surface area contributed by atoms with Gasteiger partial charge in [-0.15, -0.1) is 11.3 Å². The fourth-order valence-corrected chi connectivity index (χ4v) is 3.13. The Morgan fingerprint density at radius 1 is 1.45 bits per heavy atom. The summed E-state index contributed by atoms with van der Waals surface area (Å²) in [4.78, 5) is 17.4. The first kappa shape index (κ1) is 15.2. The van der Waals surface area contributed by atoms with Crippen molar-refractivity contribution in [3.05, 3.63) is 39.9 Å². The molecule has 3 heterocycles. The summed E-state index contributed by atoms with van der Waals surface area (Å²) in [5, 5.41) is 5.92. The number of aromatic nitrogens is 1. The van der Waals surface area contributed by atoms with Crippen LogP contribution in [0.2, 0.25) is 0 Å². The molecule has 22 heavy (non-hydrogen) atoms. The summed E-state index contributed by atoms with van der Waals surface area (Å²) in [5.74, 6) is 0.597. The third-order valence-electron chi connectivity index (χ3n) is 3.58. The molecule has 1 saturated heterocycles. The highest BCUT2D eigenvalue weighted by molar-refractivity contribution is 7.09. The van der Waals surface area contributed by atoms with E-state index in [1.807, 2.05) is 17.5 Å². The quantitative estimate of drug-likeness (QED) is 0.841. The summed E-state index contributed by atoms with van der Waals surface area (Å²) in [6.45, 7) is 4.48. The van der Waals surface area contributed by atoms with Crippen molar-refractivity contribution in [3.8, 4) is 0 Å². The van der Waals surface area contributed by atoms with Crippen molar-refractivity contribution in [2.45, 2.75) is 13.1 Å². The molecule has 7 heteroatoms. The smallest absolute Gasteiger partial charge is 0.276 e. The molecule has 0 aromatic carbocycles. The number of thiophene rings is 1. The molecule has 0 radical (unpaired) electrons. The van der Waals surface area contributed by atoms with Crippen molar-refractivity contribution >= 4 is 17.2 Å². The zero-order valence-corrected chi connectivity index (χ0v) is 13.3. The second-order valence-electron chi connectivity index (χ2n) is 5.31.